The molecule has 1 aromatic carbocycles. The number of hydrogen-bond donors (Lipinski definition) is 1. The van der Waals surface area contributed by atoms with E-state index in [-0.39, 0.29) is 0 Å². The van der Waals surface area contributed by atoms with Crippen LogP contribution in [0.25, 0.3) is 11.4 Å². The van der Waals surface area contributed by atoms with E-state index in [9.17, 15) is 4.39 Å². The van der Waals surface area contributed by atoms with Crippen molar-refractivity contribution < 1.29 is 4.39 Å². The number of hydrogen-bond acceptors (Lipinski definition) is 5. The van der Waals surface area contributed by atoms with E-state index < -0.39 is 5.95 Å². The molecule has 25 heavy (non-hydrogen) atoms. The average molecular weight is 335 g/mol. The zero-order chi connectivity index (χ0) is 17.2. The number of benzene rings is 1. The molecule has 0 unspecified atom stereocenters. The molecule has 0 saturated carbocycles. The quantitative estimate of drug-likeness (QED) is 0.589. The van der Waals surface area contributed by atoms with Gasteiger partial charge in [-0.15, -0.1) is 0 Å². The molecule has 0 saturated heterocycles. The highest BCUT2D eigenvalue weighted by Gasteiger charge is 2.19. The minimum atomic E-state index is -0.448. The van der Waals surface area contributed by atoms with Crippen molar-refractivity contribution in [2.24, 2.45) is 0 Å². The van der Waals surface area contributed by atoms with Crippen LogP contribution in [0, 0.1) is 5.95 Å². The van der Waals surface area contributed by atoms with E-state index in [0.717, 1.165) is 60.0 Å². The highest BCUT2D eigenvalue weighted by atomic mass is 19.1. The second-order valence-electron chi connectivity index (χ2n) is 6.24. The number of aromatic nitrogens is 3. The Balaban J connectivity index is 1.50. The first-order valence-corrected chi connectivity index (χ1v) is 8.21. The first-order chi connectivity index (χ1) is 12.2. The van der Waals surface area contributed by atoms with Crippen molar-refractivity contribution >= 4 is 5.69 Å². The molecule has 4 rings (SSSR count). The van der Waals surface area contributed by atoms with Crippen LogP contribution in [-0.2, 0) is 19.5 Å². The van der Waals surface area contributed by atoms with Crippen LogP contribution >= 0.6 is 0 Å². The standard InChI is InChI=1S/C19H18FN5/c20-18-6-1-13(9-22-18)11-25-8-7-17-15(12-25)10-23-19(24-17)14-2-4-16(21)5-3-14/h1-6,9-10H,7-8,11-12,21H2. The third-order valence-corrected chi connectivity index (χ3v) is 4.38. The van der Waals surface area contributed by atoms with Crippen molar-refractivity contribution in [1.82, 2.24) is 19.9 Å². The Morgan fingerprint density at radius 3 is 2.64 bits per heavy atom. The fourth-order valence-electron chi connectivity index (χ4n) is 3.04. The molecule has 3 heterocycles. The van der Waals surface area contributed by atoms with Gasteiger partial charge >= 0.3 is 0 Å². The Morgan fingerprint density at radius 1 is 1.04 bits per heavy atom. The minimum Gasteiger partial charge on any atom is -0.399 e. The lowest BCUT2D eigenvalue weighted by Crippen LogP contribution is -2.31. The number of halogens is 1. The Hall–Kier alpha value is -2.86. The highest BCUT2D eigenvalue weighted by Crippen LogP contribution is 2.22. The summed E-state index contributed by atoms with van der Waals surface area (Å²) in [6, 6.07) is 10.8. The van der Waals surface area contributed by atoms with Crippen molar-refractivity contribution in [2.75, 3.05) is 12.3 Å². The van der Waals surface area contributed by atoms with E-state index >= 15 is 0 Å². The predicted molar refractivity (Wildman–Crippen MR) is 93.9 cm³/mol. The average Bonchev–Trinajstić information content (AvgIpc) is 2.64. The normalized spacial score (nSPS) is 14.3. The summed E-state index contributed by atoms with van der Waals surface area (Å²) in [6.07, 6.45) is 4.36. The monoisotopic (exact) mass is 335 g/mol. The van der Waals surface area contributed by atoms with Crippen LogP contribution in [-0.4, -0.2) is 26.4 Å². The number of nitrogen functional groups attached to an aromatic ring is 1. The van der Waals surface area contributed by atoms with Gasteiger partial charge in [-0.2, -0.15) is 4.39 Å². The van der Waals surface area contributed by atoms with Gasteiger partial charge in [0.25, 0.3) is 0 Å². The van der Waals surface area contributed by atoms with Gasteiger partial charge in [0.15, 0.2) is 5.82 Å². The Bertz CT molecular complexity index is 877. The SMILES string of the molecule is Nc1ccc(-c2ncc3c(n2)CCN(Cc2ccc(F)nc2)C3)cc1. The number of anilines is 1. The van der Waals surface area contributed by atoms with Crippen LogP contribution < -0.4 is 5.73 Å². The summed E-state index contributed by atoms with van der Waals surface area (Å²) in [5.41, 5.74) is 10.7. The molecular weight excluding hydrogens is 317 g/mol. The summed E-state index contributed by atoms with van der Waals surface area (Å²) in [7, 11) is 0. The molecule has 0 radical (unpaired) electrons. The van der Waals surface area contributed by atoms with E-state index in [4.69, 9.17) is 10.7 Å². The largest absolute Gasteiger partial charge is 0.399 e. The number of pyridine rings is 1. The second kappa shape index (κ2) is 6.57. The number of fused-ring (bicyclic) bond motifs is 1. The minimum absolute atomic E-state index is 0.448. The molecule has 0 fully saturated rings. The van der Waals surface area contributed by atoms with Gasteiger partial charge in [0.05, 0.1) is 5.69 Å². The molecule has 1 aliphatic rings. The summed E-state index contributed by atoms with van der Waals surface area (Å²) in [4.78, 5) is 15.2. The van der Waals surface area contributed by atoms with Gasteiger partial charge < -0.3 is 5.73 Å². The fraction of sp³-hybridized carbons (Fsp3) is 0.211. The van der Waals surface area contributed by atoms with Crippen LogP contribution in [0.4, 0.5) is 10.1 Å². The molecule has 0 atom stereocenters. The van der Waals surface area contributed by atoms with Crippen LogP contribution in [0.3, 0.4) is 0 Å². The Morgan fingerprint density at radius 2 is 1.88 bits per heavy atom. The molecule has 0 spiro atoms. The molecule has 126 valence electrons. The third kappa shape index (κ3) is 3.49. The molecule has 0 bridgehead atoms. The van der Waals surface area contributed by atoms with E-state index in [1.54, 1.807) is 12.3 Å². The zero-order valence-corrected chi connectivity index (χ0v) is 13.7. The molecule has 0 aliphatic carbocycles. The molecule has 6 heteroatoms. The van der Waals surface area contributed by atoms with Crippen LogP contribution in [0.15, 0.2) is 48.8 Å². The summed E-state index contributed by atoms with van der Waals surface area (Å²) in [5, 5.41) is 0. The zero-order valence-electron chi connectivity index (χ0n) is 13.7. The molecule has 1 aliphatic heterocycles. The first kappa shape index (κ1) is 15.7. The molecule has 2 aromatic heterocycles. The number of rotatable bonds is 3. The van der Waals surface area contributed by atoms with E-state index in [2.05, 4.69) is 14.9 Å². The molecule has 0 amide bonds. The molecule has 3 aromatic rings. The Kier molecular flexibility index (Phi) is 4.11. The maximum Gasteiger partial charge on any atom is 0.212 e. The van der Waals surface area contributed by atoms with Crippen molar-refractivity contribution in [3.63, 3.8) is 0 Å². The van der Waals surface area contributed by atoms with Crippen LogP contribution in [0.2, 0.25) is 0 Å². The van der Waals surface area contributed by atoms with Gasteiger partial charge in [0.2, 0.25) is 5.95 Å². The van der Waals surface area contributed by atoms with Gasteiger partial charge in [-0.3, -0.25) is 4.90 Å². The van der Waals surface area contributed by atoms with Gasteiger partial charge in [-0.1, -0.05) is 6.07 Å². The second-order valence-corrected chi connectivity index (χ2v) is 6.24. The third-order valence-electron chi connectivity index (χ3n) is 4.38. The lowest BCUT2D eigenvalue weighted by molar-refractivity contribution is 0.242. The smallest absolute Gasteiger partial charge is 0.212 e. The van der Waals surface area contributed by atoms with Crippen LogP contribution in [0.5, 0.6) is 0 Å². The first-order valence-electron chi connectivity index (χ1n) is 8.21. The van der Waals surface area contributed by atoms with Crippen molar-refractivity contribution in [3.8, 4) is 11.4 Å². The molecule has 5 nitrogen and oxygen atoms in total. The van der Waals surface area contributed by atoms with E-state index in [0.29, 0.717) is 0 Å². The van der Waals surface area contributed by atoms with E-state index in [1.807, 2.05) is 30.5 Å². The van der Waals surface area contributed by atoms with Crippen LogP contribution in [0.1, 0.15) is 16.8 Å². The number of nitrogens with zero attached hydrogens (tertiary/aromatic N) is 4. The summed E-state index contributed by atoms with van der Waals surface area (Å²) < 4.78 is 12.9. The summed E-state index contributed by atoms with van der Waals surface area (Å²) in [6.45, 7) is 2.43. The summed E-state index contributed by atoms with van der Waals surface area (Å²) >= 11 is 0. The predicted octanol–water partition coefficient (Wildman–Crippen LogP) is 2.82. The van der Waals surface area contributed by atoms with Crippen molar-refractivity contribution in [3.05, 3.63) is 71.6 Å². The maximum absolute atomic E-state index is 12.9. The van der Waals surface area contributed by atoms with Gasteiger partial charge in [0, 0.05) is 55.3 Å². The fourth-order valence-corrected chi connectivity index (χ4v) is 3.04. The van der Waals surface area contributed by atoms with Crippen molar-refractivity contribution in [1.29, 1.82) is 0 Å². The molecule has 2 N–H and O–H groups in total. The van der Waals surface area contributed by atoms with Gasteiger partial charge in [-0.25, -0.2) is 15.0 Å². The lowest BCUT2D eigenvalue weighted by Gasteiger charge is -2.28. The molecular formula is C19H18FN5. The number of nitrogens with two attached hydrogens (primary N) is 1. The van der Waals surface area contributed by atoms with Crippen molar-refractivity contribution in [2.45, 2.75) is 19.5 Å². The Labute approximate surface area is 145 Å². The van der Waals surface area contributed by atoms with Gasteiger partial charge in [0.1, 0.15) is 0 Å². The van der Waals surface area contributed by atoms with E-state index in [1.165, 1.54) is 6.07 Å². The maximum atomic E-state index is 12.9. The topological polar surface area (TPSA) is 67.9 Å². The summed E-state index contributed by atoms with van der Waals surface area (Å²) in [5.74, 6) is 0.284. The highest BCUT2D eigenvalue weighted by molar-refractivity contribution is 5.58. The lowest BCUT2D eigenvalue weighted by atomic mass is 10.1. The van der Waals surface area contributed by atoms with Gasteiger partial charge in [-0.05, 0) is 35.9 Å².